The molecule has 3 fully saturated rings. The number of carbonyl (C=O) groups excluding carboxylic acids is 1. The molecule has 3 aliphatic rings. The highest BCUT2D eigenvalue weighted by Crippen LogP contribution is 2.47. The molecule has 2 unspecified atom stereocenters. The van der Waals surface area contributed by atoms with E-state index in [1.165, 1.54) is 26.3 Å². The molecule has 3 aliphatic heterocycles. The summed E-state index contributed by atoms with van der Waals surface area (Å²) in [5.74, 6) is -1.54. The van der Waals surface area contributed by atoms with Gasteiger partial charge in [0, 0.05) is 48.6 Å². The monoisotopic (exact) mass is 788 g/mol. The van der Waals surface area contributed by atoms with Crippen LogP contribution in [-0.4, -0.2) is 82.7 Å². The number of benzene rings is 2. The van der Waals surface area contributed by atoms with Gasteiger partial charge in [-0.2, -0.15) is 28.4 Å². The second-order valence-corrected chi connectivity index (χ2v) is 14.3. The van der Waals surface area contributed by atoms with E-state index in [9.17, 15) is 32.0 Å². The van der Waals surface area contributed by atoms with E-state index >= 15 is 4.39 Å². The largest absolute Gasteiger partial charge is 0.467 e. The summed E-state index contributed by atoms with van der Waals surface area (Å²) < 4.78 is 95.2. The summed E-state index contributed by atoms with van der Waals surface area (Å²) in [5.41, 5.74) is 3.05. The number of amides is 1. The fourth-order valence-corrected chi connectivity index (χ4v) is 8.15. The van der Waals surface area contributed by atoms with Gasteiger partial charge in [-0.05, 0) is 70.2 Å². The molecular formula is C37H38F6N8O3S. The molecule has 0 spiro atoms. The normalized spacial score (nSPS) is 18.1. The highest BCUT2D eigenvalue weighted by Gasteiger charge is 2.38. The molecule has 5 aromatic rings. The first kappa shape index (κ1) is 39.5. The number of methoxy groups -OCH3 is 1. The van der Waals surface area contributed by atoms with Crippen molar-refractivity contribution < 1.29 is 40.3 Å². The topological polar surface area (TPSA) is 146 Å². The molecule has 3 saturated heterocycles. The van der Waals surface area contributed by atoms with E-state index in [0.717, 1.165) is 57.1 Å². The van der Waals surface area contributed by atoms with Gasteiger partial charge in [-0.3, -0.25) is 9.69 Å². The number of fused-ring (bicyclic) bond motifs is 3. The Balaban J connectivity index is 0.000000187. The lowest BCUT2D eigenvalue weighted by molar-refractivity contribution is -0.137. The van der Waals surface area contributed by atoms with Crippen LogP contribution in [0.25, 0.3) is 32.1 Å². The van der Waals surface area contributed by atoms with E-state index in [4.69, 9.17) is 14.9 Å². The third-order valence-electron chi connectivity index (χ3n) is 9.74. The molecule has 18 heteroatoms. The number of likely N-dealkylation sites (tertiary alicyclic amines) is 1. The van der Waals surface area contributed by atoms with Gasteiger partial charge in [0.25, 0.3) is 5.91 Å². The number of ether oxygens (including phenoxy) is 1. The SMILES string of the molecule is CCNc1nc(OC)nc2c(F)c(-c3ccc(F)c4sc(N)c(C#N)c34)c(C(F)(F)F)cc12.Cc1ocnc1C(=O)N1CCCC1.FC1CC2CCCN2C1. The number of aromatic nitrogens is 3. The zero-order valence-electron chi connectivity index (χ0n) is 30.2. The Bertz CT molecular complexity index is 2240. The van der Waals surface area contributed by atoms with E-state index in [1.54, 1.807) is 19.9 Å². The molecule has 2 atom stereocenters. The third kappa shape index (κ3) is 7.99. The maximum atomic E-state index is 15.9. The van der Waals surface area contributed by atoms with Crippen LogP contribution in [0.1, 0.15) is 66.4 Å². The lowest BCUT2D eigenvalue weighted by Crippen LogP contribution is -2.28. The number of carbonyl (C=O) groups is 1. The van der Waals surface area contributed by atoms with E-state index in [-0.39, 0.29) is 55.9 Å². The van der Waals surface area contributed by atoms with Crippen LogP contribution in [0, 0.1) is 29.9 Å². The van der Waals surface area contributed by atoms with Gasteiger partial charge in [0.2, 0.25) is 0 Å². The Kier molecular flexibility index (Phi) is 11.7. The average Bonchev–Trinajstić information content (AvgIpc) is 3.99. The van der Waals surface area contributed by atoms with Crippen LogP contribution in [0.5, 0.6) is 6.01 Å². The molecule has 0 radical (unpaired) electrons. The summed E-state index contributed by atoms with van der Waals surface area (Å²) in [7, 11) is 1.23. The zero-order chi connectivity index (χ0) is 39.6. The van der Waals surface area contributed by atoms with Crippen LogP contribution in [0.2, 0.25) is 0 Å². The first-order valence-electron chi connectivity index (χ1n) is 17.6. The number of hydrogen-bond donors (Lipinski definition) is 2. The van der Waals surface area contributed by atoms with Gasteiger partial charge in [-0.15, -0.1) is 11.3 Å². The number of nitriles is 1. The standard InChI is InChI=1S/C21H14F5N5OS.C9H12N2O2.C7H12FN/c1-3-29-19-9-6-11(21(24,25)26)14(15(23)16(9)30-20(31-19)32-2)8-4-5-12(22)17-13(8)10(7-27)18(28)33-17;1-7-8(10-6-13-7)9(12)11-4-2-3-5-11;8-6-4-7-2-1-3-9(7)5-6/h4-6H,3,28H2,1-2H3,(H,29,30,31);6H,2-5H2,1H3;6-7H,1-5H2. The Morgan fingerprint density at radius 2 is 1.93 bits per heavy atom. The van der Waals surface area contributed by atoms with Crippen molar-refractivity contribution in [3.8, 4) is 23.2 Å². The summed E-state index contributed by atoms with van der Waals surface area (Å²) in [6.45, 7) is 7.30. The van der Waals surface area contributed by atoms with Crippen LogP contribution in [0.4, 0.5) is 37.2 Å². The molecule has 11 nitrogen and oxygen atoms in total. The molecule has 3 N–H and O–H groups in total. The highest BCUT2D eigenvalue weighted by molar-refractivity contribution is 7.23. The minimum atomic E-state index is -5.00. The van der Waals surface area contributed by atoms with E-state index in [1.807, 2.05) is 4.90 Å². The van der Waals surface area contributed by atoms with E-state index in [2.05, 4.69) is 25.2 Å². The van der Waals surface area contributed by atoms with Crippen LogP contribution in [0.15, 0.2) is 29.0 Å². The Hall–Kier alpha value is -5.15. The summed E-state index contributed by atoms with van der Waals surface area (Å²) in [6.07, 6.45) is 1.33. The van der Waals surface area contributed by atoms with Gasteiger partial charge in [0.05, 0.1) is 22.9 Å². The minimum Gasteiger partial charge on any atom is -0.467 e. The third-order valence-corrected chi connectivity index (χ3v) is 10.8. The Morgan fingerprint density at radius 3 is 2.55 bits per heavy atom. The smallest absolute Gasteiger partial charge is 0.417 e. The van der Waals surface area contributed by atoms with Crippen LogP contribution in [-0.2, 0) is 6.18 Å². The molecule has 292 valence electrons. The number of nitrogens with two attached hydrogens (primary N) is 1. The molecule has 6 heterocycles. The van der Waals surface area contributed by atoms with Gasteiger partial charge >= 0.3 is 12.2 Å². The molecule has 55 heavy (non-hydrogen) atoms. The summed E-state index contributed by atoms with van der Waals surface area (Å²) in [6, 6.07) is 4.75. The van der Waals surface area contributed by atoms with Gasteiger partial charge < -0.3 is 25.1 Å². The van der Waals surface area contributed by atoms with Crippen LogP contribution < -0.4 is 15.8 Å². The molecule has 1 amide bonds. The maximum absolute atomic E-state index is 15.9. The number of nitrogens with one attached hydrogen (secondary N) is 1. The number of nitrogen functional groups attached to an aromatic ring is 1. The lowest BCUT2D eigenvalue weighted by atomic mass is 9.92. The van der Waals surface area contributed by atoms with Crippen molar-refractivity contribution in [2.45, 2.75) is 64.3 Å². The van der Waals surface area contributed by atoms with Crippen molar-refractivity contribution in [3.05, 3.63) is 58.8 Å². The second-order valence-electron chi connectivity index (χ2n) is 13.2. The number of hydrogen-bond acceptors (Lipinski definition) is 11. The number of alkyl halides is 4. The number of aryl methyl sites for hydroxylation is 1. The average molecular weight is 789 g/mol. The van der Waals surface area contributed by atoms with Crippen LogP contribution in [0.3, 0.4) is 0 Å². The molecular weight excluding hydrogens is 751 g/mol. The van der Waals surface area contributed by atoms with Gasteiger partial charge in [-0.25, -0.2) is 18.2 Å². The highest BCUT2D eigenvalue weighted by atomic mass is 32.1. The van der Waals surface area contributed by atoms with E-state index in [0.29, 0.717) is 35.4 Å². The number of nitrogens with zero attached hydrogens (tertiary/aromatic N) is 6. The number of oxazole rings is 1. The summed E-state index contributed by atoms with van der Waals surface area (Å²) in [5, 5.41) is 11.8. The zero-order valence-corrected chi connectivity index (χ0v) is 31.0. The molecule has 2 aromatic carbocycles. The van der Waals surface area contributed by atoms with Gasteiger partial charge in [0.15, 0.2) is 17.9 Å². The Labute approximate surface area is 316 Å². The number of halogens is 6. The fraction of sp³-hybridized carbons (Fsp3) is 0.432. The van der Waals surface area contributed by atoms with Crippen molar-refractivity contribution in [1.82, 2.24) is 24.8 Å². The summed E-state index contributed by atoms with van der Waals surface area (Å²) in [4.78, 5) is 27.6. The van der Waals surface area contributed by atoms with Gasteiger partial charge in [-0.1, -0.05) is 6.07 Å². The fourth-order valence-electron chi connectivity index (χ4n) is 7.20. The van der Waals surface area contributed by atoms with Crippen molar-refractivity contribution in [3.63, 3.8) is 0 Å². The van der Waals surface area contributed by atoms with E-state index < -0.39 is 40.6 Å². The molecule has 8 rings (SSSR count). The maximum Gasteiger partial charge on any atom is 0.417 e. The minimum absolute atomic E-state index is 0.00347. The lowest BCUT2D eigenvalue weighted by Gasteiger charge is -2.18. The van der Waals surface area contributed by atoms with Crippen molar-refractivity contribution in [1.29, 1.82) is 5.26 Å². The van der Waals surface area contributed by atoms with Crippen molar-refractivity contribution >= 4 is 49.1 Å². The summed E-state index contributed by atoms with van der Waals surface area (Å²) >= 11 is 0.698. The van der Waals surface area contributed by atoms with Crippen LogP contribution >= 0.6 is 11.3 Å². The predicted octanol–water partition coefficient (Wildman–Crippen LogP) is 8.11. The predicted molar refractivity (Wildman–Crippen MR) is 196 cm³/mol. The molecule has 3 aromatic heterocycles. The first-order chi connectivity index (χ1) is 26.3. The molecule has 0 bridgehead atoms. The van der Waals surface area contributed by atoms with Crippen molar-refractivity contribution in [2.24, 2.45) is 0 Å². The number of anilines is 2. The number of thiophene rings is 1. The van der Waals surface area contributed by atoms with Gasteiger partial charge in [0.1, 0.15) is 40.2 Å². The molecule has 0 aliphatic carbocycles. The second kappa shape index (κ2) is 16.3. The first-order valence-corrected chi connectivity index (χ1v) is 18.5. The van der Waals surface area contributed by atoms with Crippen molar-refractivity contribution in [2.75, 3.05) is 50.9 Å². The molecule has 0 saturated carbocycles. The Morgan fingerprint density at radius 1 is 1.18 bits per heavy atom. The number of rotatable bonds is 5. The quantitative estimate of drug-likeness (QED) is 0.168.